The second-order valence-electron chi connectivity index (χ2n) is 7.73. The fraction of sp³-hybridized carbons (Fsp3) is 0.407. The molecule has 0 bridgehead atoms. The zero-order valence-corrected chi connectivity index (χ0v) is 19.8. The Labute approximate surface area is 202 Å². The number of likely N-dealkylation sites (tertiary alicyclic amines) is 1. The number of nitrogens with one attached hydrogen (secondary N) is 1. The standard InChI is InChI=1S/C24H25N5O2.C2H6.CH4/c1-3-31-24-26-22(27-28-24)21-14-20(7-4-16(21)2)23(30)29-12-10-19(11-13-29)18-8-5-17(15-25)6-9-18;1-2;/h4-9,14,19H,3,10-13H2,1-2H3,(H,26,27,28);1-2H3;1H4. The van der Waals surface area contributed by atoms with E-state index in [0.717, 1.165) is 24.0 Å². The molecule has 1 saturated heterocycles. The molecule has 4 rings (SSSR count). The molecule has 0 aliphatic carbocycles. The van der Waals surface area contributed by atoms with Crippen molar-refractivity contribution in [2.24, 2.45) is 0 Å². The molecule has 0 atom stereocenters. The number of ether oxygens (including phenoxy) is 1. The monoisotopic (exact) mass is 461 g/mol. The van der Waals surface area contributed by atoms with Crippen LogP contribution in [0.1, 0.15) is 74.0 Å². The van der Waals surface area contributed by atoms with E-state index in [0.29, 0.717) is 48.6 Å². The summed E-state index contributed by atoms with van der Waals surface area (Å²) in [5.41, 5.74) is 4.41. The number of aryl methyl sites for hydroxylation is 1. The number of aromatic amines is 1. The van der Waals surface area contributed by atoms with Gasteiger partial charge in [0.05, 0.1) is 18.2 Å². The van der Waals surface area contributed by atoms with Gasteiger partial charge in [-0.25, -0.2) is 0 Å². The van der Waals surface area contributed by atoms with Gasteiger partial charge < -0.3 is 9.64 Å². The van der Waals surface area contributed by atoms with Crippen molar-refractivity contribution in [3.05, 3.63) is 64.7 Å². The van der Waals surface area contributed by atoms with Crippen LogP contribution in [0.5, 0.6) is 6.01 Å². The minimum absolute atomic E-state index is 0. The number of nitrogens with zero attached hydrogens (tertiary/aromatic N) is 4. The molecule has 3 aromatic rings. The van der Waals surface area contributed by atoms with E-state index in [-0.39, 0.29) is 13.3 Å². The molecule has 1 aromatic heterocycles. The summed E-state index contributed by atoms with van der Waals surface area (Å²) in [5.74, 6) is 1.04. The molecule has 2 aromatic carbocycles. The third kappa shape index (κ3) is 6.02. The van der Waals surface area contributed by atoms with Gasteiger partial charge in [-0.15, -0.1) is 5.10 Å². The zero-order chi connectivity index (χ0) is 23.8. The summed E-state index contributed by atoms with van der Waals surface area (Å²) in [7, 11) is 0. The van der Waals surface area contributed by atoms with Crippen LogP contribution in [0.2, 0.25) is 0 Å². The summed E-state index contributed by atoms with van der Waals surface area (Å²) < 4.78 is 5.34. The minimum atomic E-state index is 0. The first kappa shape index (κ1) is 26.6. The first-order valence-electron chi connectivity index (χ1n) is 11.5. The predicted molar refractivity (Wildman–Crippen MR) is 135 cm³/mol. The molecule has 1 aliphatic heterocycles. The highest BCUT2D eigenvalue weighted by Crippen LogP contribution is 2.30. The lowest BCUT2D eigenvalue weighted by Gasteiger charge is -2.32. The quantitative estimate of drug-likeness (QED) is 0.523. The van der Waals surface area contributed by atoms with Gasteiger partial charge in [0.2, 0.25) is 0 Å². The van der Waals surface area contributed by atoms with Crippen molar-refractivity contribution in [1.29, 1.82) is 5.26 Å². The molecule has 1 N–H and O–H groups in total. The van der Waals surface area contributed by atoms with Crippen LogP contribution in [0.25, 0.3) is 11.4 Å². The number of aromatic nitrogens is 3. The fourth-order valence-corrected chi connectivity index (χ4v) is 4.00. The van der Waals surface area contributed by atoms with Gasteiger partial charge in [-0.1, -0.05) is 39.5 Å². The Hall–Kier alpha value is -3.66. The summed E-state index contributed by atoms with van der Waals surface area (Å²) in [5, 5.41) is 15.9. The van der Waals surface area contributed by atoms with E-state index in [2.05, 4.69) is 21.3 Å². The van der Waals surface area contributed by atoms with Gasteiger partial charge >= 0.3 is 6.01 Å². The second kappa shape index (κ2) is 12.5. The normalized spacial score (nSPS) is 13.2. The van der Waals surface area contributed by atoms with Gasteiger partial charge in [0.1, 0.15) is 0 Å². The third-order valence-electron chi connectivity index (χ3n) is 5.77. The molecule has 1 fully saturated rings. The minimum Gasteiger partial charge on any atom is -0.463 e. The Morgan fingerprint density at radius 1 is 1.18 bits per heavy atom. The summed E-state index contributed by atoms with van der Waals surface area (Å²) >= 11 is 0. The Morgan fingerprint density at radius 3 is 2.47 bits per heavy atom. The highest BCUT2D eigenvalue weighted by atomic mass is 16.5. The Morgan fingerprint density at radius 2 is 1.85 bits per heavy atom. The third-order valence-corrected chi connectivity index (χ3v) is 5.77. The molecule has 0 saturated carbocycles. The van der Waals surface area contributed by atoms with E-state index < -0.39 is 0 Å². The molecule has 34 heavy (non-hydrogen) atoms. The van der Waals surface area contributed by atoms with Gasteiger partial charge in [0.25, 0.3) is 5.91 Å². The van der Waals surface area contributed by atoms with Crippen LogP contribution < -0.4 is 4.74 Å². The van der Waals surface area contributed by atoms with Crippen molar-refractivity contribution in [1.82, 2.24) is 20.1 Å². The summed E-state index contributed by atoms with van der Waals surface area (Å²) in [6, 6.07) is 15.9. The van der Waals surface area contributed by atoms with Gasteiger partial charge in [0.15, 0.2) is 5.82 Å². The van der Waals surface area contributed by atoms with E-state index >= 15 is 0 Å². The number of carbonyl (C=O) groups is 1. The van der Waals surface area contributed by atoms with E-state index in [1.807, 2.05) is 75.1 Å². The van der Waals surface area contributed by atoms with Crippen LogP contribution in [-0.4, -0.2) is 45.7 Å². The molecule has 1 aliphatic rings. The number of hydrogen-bond acceptors (Lipinski definition) is 5. The van der Waals surface area contributed by atoms with E-state index in [1.54, 1.807) is 0 Å². The number of carbonyl (C=O) groups excluding carboxylic acids is 1. The number of hydrogen-bond donors (Lipinski definition) is 1. The van der Waals surface area contributed by atoms with Gasteiger partial charge in [-0.05, 0) is 68.0 Å². The molecule has 2 heterocycles. The maximum atomic E-state index is 13.1. The lowest BCUT2D eigenvalue weighted by Crippen LogP contribution is -2.37. The lowest BCUT2D eigenvalue weighted by molar-refractivity contribution is 0.0713. The van der Waals surface area contributed by atoms with E-state index in [4.69, 9.17) is 10.00 Å². The molecule has 0 unspecified atom stereocenters. The molecule has 7 nitrogen and oxygen atoms in total. The summed E-state index contributed by atoms with van der Waals surface area (Å²) in [6.45, 7) is 9.78. The number of nitriles is 1. The topological polar surface area (TPSA) is 94.9 Å². The molecule has 7 heteroatoms. The lowest BCUT2D eigenvalue weighted by atomic mass is 9.89. The number of amides is 1. The van der Waals surface area contributed by atoms with Crippen molar-refractivity contribution in [2.45, 2.75) is 53.9 Å². The van der Waals surface area contributed by atoms with Crippen molar-refractivity contribution >= 4 is 5.91 Å². The summed E-state index contributed by atoms with van der Waals surface area (Å²) in [4.78, 5) is 19.4. The average molecular weight is 462 g/mol. The van der Waals surface area contributed by atoms with Crippen molar-refractivity contribution in [3.8, 4) is 23.5 Å². The van der Waals surface area contributed by atoms with Crippen LogP contribution in [0.15, 0.2) is 42.5 Å². The average Bonchev–Trinajstić information content (AvgIpc) is 3.34. The van der Waals surface area contributed by atoms with E-state index in [9.17, 15) is 4.79 Å². The highest BCUT2D eigenvalue weighted by molar-refractivity contribution is 5.95. The number of benzene rings is 2. The SMILES string of the molecule is C.CC.CCOc1n[nH]c(-c2cc(C(=O)N3CCC(c4ccc(C#N)cc4)CC3)ccc2C)n1. The van der Waals surface area contributed by atoms with E-state index in [1.165, 1.54) is 5.56 Å². The fourth-order valence-electron chi connectivity index (χ4n) is 4.00. The Kier molecular flexibility index (Phi) is 9.81. The van der Waals surface area contributed by atoms with Crippen LogP contribution >= 0.6 is 0 Å². The Bertz CT molecular complexity index is 1110. The van der Waals surface area contributed by atoms with Gasteiger partial charge in [0, 0.05) is 24.2 Å². The maximum absolute atomic E-state index is 13.1. The first-order valence-corrected chi connectivity index (χ1v) is 11.5. The second-order valence-corrected chi connectivity index (χ2v) is 7.73. The smallest absolute Gasteiger partial charge is 0.335 e. The molecule has 0 spiro atoms. The molecule has 1 amide bonds. The number of piperidine rings is 1. The van der Waals surface area contributed by atoms with Crippen LogP contribution in [0, 0.1) is 18.3 Å². The highest BCUT2D eigenvalue weighted by Gasteiger charge is 2.25. The van der Waals surface area contributed by atoms with Crippen LogP contribution in [0.3, 0.4) is 0 Å². The Balaban J connectivity index is 0.00000133. The summed E-state index contributed by atoms with van der Waals surface area (Å²) in [6.07, 6.45) is 1.83. The van der Waals surface area contributed by atoms with Gasteiger partial charge in [-0.3, -0.25) is 9.89 Å². The van der Waals surface area contributed by atoms with Crippen molar-refractivity contribution < 1.29 is 9.53 Å². The van der Waals surface area contributed by atoms with Crippen LogP contribution in [-0.2, 0) is 0 Å². The van der Waals surface area contributed by atoms with Crippen molar-refractivity contribution in [3.63, 3.8) is 0 Å². The molecular formula is C27H35N5O2. The van der Waals surface area contributed by atoms with Gasteiger partial charge in [-0.2, -0.15) is 10.2 Å². The largest absolute Gasteiger partial charge is 0.463 e. The predicted octanol–water partition coefficient (Wildman–Crippen LogP) is 5.73. The number of rotatable bonds is 5. The molecule has 0 radical (unpaired) electrons. The first-order chi connectivity index (χ1) is 16.1. The maximum Gasteiger partial charge on any atom is 0.335 e. The number of H-pyrrole nitrogens is 1. The van der Waals surface area contributed by atoms with Crippen LogP contribution in [0.4, 0.5) is 0 Å². The zero-order valence-electron chi connectivity index (χ0n) is 19.8. The van der Waals surface area contributed by atoms with Crippen molar-refractivity contribution in [2.75, 3.05) is 19.7 Å². The molecule has 180 valence electrons. The molecular weight excluding hydrogens is 426 g/mol.